The second kappa shape index (κ2) is 10.6. The number of amides is 1. The van der Waals surface area contributed by atoms with Crippen LogP contribution in [0, 0.1) is 17.1 Å². The first kappa shape index (κ1) is 22.4. The Bertz CT molecular complexity index is 955. The lowest BCUT2D eigenvalue weighted by molar-refractivity contribution is 0.0974. The van der Waals surface area contributed by atoms with Gasteiger partial charge in [0.1, 0.15) is 12.0 Å². The molecule has 162 valence electrons. The molecule has 3 atom stereocenters. The van der Waals surface area contributed by atoms with Gasteiger partial charge in [-0.15, -0.1) is 0 Å². The highest BCUT2D eigenvalue weighted by Crippen LogP contribution is 2.22. The van der Waals surface area contributed by atoms with Gasteiger partial charge in [-0.05, 0) is 48.9 Å². The monoisotopic (exact) mass is 424 g/mol. The van der Waals surface area contributed by atoms with E-state index in [0.29, 0.717) is 30.1 Å². The van der Waals surface area contributed by atoms with Crippen LogP contribution in [0.15, 0.2) is 53.5 Å². The number of nitrogens with zero attached hydrogens (tertiary/aromatic N) is 2. The summed E-state index contributed by atoms with van der Waals surface area (Å²) in [7, 11) is 1.60. The van der Waals surface area contributed by atoms with E-state index in [4.69, 9.17) is 10.00 Å². The molecule has 0 spiro atoms. The molecule has 9 heteroatoms. The zero-order chi connectivity index (χ0) is 22.2. The number of hydrogen-bond donors (Lipinski definition) is 4. The second-order valence-electron chi connectivity index (χ2n) is 7.27. The van der Waals surface area contributed by atoms with Gasteiger partial charge in [-0.3, -0.25) is 10.1 Å². The molecule has 4 N–H and O–H groups in total. The van der Waals surface area contributed by atoms with E-state index in [1.807, 2.05) is 13.0 Å². The van der Waals surface area contributed by atoms with E-state index in [1.54, 1.807) is 43.5 Å². The summed E-state index contributed by atoms with van der Waals surface area (Å²) in [5, 5.41) is 14.9. The van der Waals surface area contributed by atoms with Crippen LogP contribution in [0.4, 0.5) is 4.39 Å². The molecule has 31 heavy (non-hydrogen) atoms. The highest BCUT2D eigenvalue weighted by molar-refractivity contribution is 6.05. The fourth-order valence-corrected chi connectivity index (χ4v) is 3.20. The molecule has 1 fully saturated rings. The molecule has 0 saturated carbocycles. The SMILES string of the molecule is COC[C@H](C)NC(=NC1CC(c2ccc(F)cc2)NN1)NC(=O)c1ccc(C#N)cc1. The number of aliphatic imine (C=N–C) groups is 1. The largest absolute Gasteiger partial charge is 0.383 e. The van der Waals surface area contributed by atoms with Crippen molar-refractivity contribution in [2.45, 2.75) is 31.6 Å². The molecule has 1 heterocycles. The average molecular weight is 424 g/mol. The summed E-state index contributed by atoms with van der Waals surface area (Å²) in [4.78, 5) is 17.3. The van der Waals surface area contributed by atoms with E-state index < -0.39 is 0 Å². The number of methoxy groups -OCH3 is 1. The van der Waals surface area contributed by atoms with E-state index in [9.17, 15) is 9.18 Å². The third-order valence-electron chi connectivity index (χ3n) is 4.75. The number of rotatable bonds is 6. The van der Waals surface area contributed by atoms with Gasteiger partial charge in [-0.2, -0.15) is 5.26 Å². The van der Waals surface area contributed by atoms with Gasteiger partial charge in [-0.25, -0.2) is 20.2 Å². The number of guanidine groups is 1. The molecule has 1 saturated heterocycles. The summed E-state index contributed by atoms with van der Waals surface area (Å²) >= 11 is 0. The van der Waals surface area contributed by atoms with E-state index in [1.165, 1.54) is 12.1 Å². The van der Waals surface area contributed by atoms with Crippen LogP contribution in [-0.2, 0) is 4.74 Å². The Morgan fingerprint density at radius 3 is 2.61 bits per heavy atom. The van der Waals surface area contributed by atoms with Crippen LogP contribution in [0.5, 0.6) is 0 Å². The van der Waals surface area contributed by atoms with Crippen molar-refractivity contribution >= 4 is 11.9 Å². The Kier molecular flexibility index (Phi) is 7.67. The number of hydrogen-bond acceptors (Lipinski definition) is 6. The van der Waals surface area contributed by atoms with Gasteiger partial charge in [0.05, 0.1) is 18.2 Å². The fraction of sp³-hybridized carbons (Fsp3) is 0.318. The zero-order valence-electron chi connectivity index (χ0n) is 17.4. The van der Waals surface area contributed by atoms with Gasteiger partial charge >= 0.3 is 0 Å². The van der Waals surface area contributed by atoms with Crippen molar-refractivity contribution in [1.29, 1.82) is 5.26 Å². The molecule has 2 unspecified atom stereocenters. The molecule has 1 amide bonds. The van der Waals surface area contributed by atoms with E-state index in [0.717, 1.165) is 5.56 Å². The summed E-state index contributed by atoms with van der Waals surface area (Å²) in [5.74, 6) is -0.326. The molecule has 1 aliphatic heterocycles. The predicted octanol–water partition coefficient (Wildman–Crippen LogP) is 1.97. The van der Waals surface area contributed by atoms with Gasteiger partial charge in [0.15, 0.2) is 5.96 Å². The fourth-order valence-electron chi connectivity index (χ4n) is 3.20. The second-order valence-corrected chi connectivity index (χ2v) is 7.27. The third kappa shape index (κ3) is 6.33. The Hall–Kier alpha value is -3.32. The molecule has 0 radical (unpaired) electrons. The molecule has 2 aromatic carbocycles. The Labute approximate surface area is 180 Å². The lowest BCUT2D eigenvalue weighted by Gasteiger charge is -2.18. The summed E-state index contributed by atoms with van der Waals surface area (Å²) in [6.45, 7) is 2.34. The molecule has 3 rings (SSSR count). The number of carbonyl (C=O) groups is 1. The van der Waals surface area contributed by atoms with Crippen LogP contribution in [-0.4, -0.2) is 37.8 Å². The van der Waals surface area contributed by atoms with Gasteiger partial charge < -0.3 is 10.1 Å². The van der Waals surface area contributed by atoms with E-state index >= 15 is 0 Å². The highest BCUT2D eigenvalue weighted by atomic mass is 19.1. The first-order valence-corrected chi connectivity index (χ1v) is 9.89. The quantitative estimate of drug-likeness (QED) is 0.417. The van der Waals surface area contributed by atoms with Gasteiger partial charge in [0, 0.05) is 31.2 Å². The maximum absolute atomic E-state index is 13.2. The van der Waals surface area contributed by atoms with Crippen molar-refractivity contribution in [3.05, 3.63) is 71.0 Å². The maximum Gasteiger partial charge on any atom is 0.257 e. The van der Waals surface area contributed by atoms with Crippen molar-refractivity contribution < 1.29 is 13.9 Å². The number of carbonyl (C=O) groups excluding carboxylic acids is 1. The first-order valence-electron chi connectivity index (χ1n) is 9.89. The van der Waals surface area contributed by atoms with E-state index in [-0.39, 0.29) is 30.0 Å². The predicted molar refractivity (Wildman–Crippen MR) is 114 cm³/mol. The van der Waals surface area contributed by atoms with E-state index in [2.05, 4.69) is 26.5 Å². The number of nitriles is 1. The summed E-state index contributed by atoms with van der Waals surface area (Å²) in [6.07, 6.45) is 0.302. The van der Waals surface area contributed by atoms with Crippen LogP contribution in [0.2, 0.25) is 0 Å². The van der Waals surface area contributed by atoms with Crippen LogP contribution in [0.1, 0.15) is 40.9 Å². The maximum atomic E-state index is 13.2. The molecule has 8 nitrogen and oxygen atoms in total. The molecule has 0 bridgehead atoms. The molecular formula is C22H25FN6O2. The highest BCUT2D eigenvalue weighted by Gasteiger charge is 2.25. The van der Waals surface area contributed by atoms with Crippen molar-refractivity contribution in [2.24, 2.45) is 4.99 Å². The lowest BCUT2D eigenvalue weighted by atomic mass is 10.0. The lowest BCUT2D eigenvalue weighted by Crippen LogP contribution is -2.47. The van der Waals surface area contributed by atoms with Crippen LogP contribution in [0.25, 0.3) is 0 Å². The zero-order valence-corrected chi connectivity index (χ0v) is 17.4. The molecule has 0 aromatic heterocycles. The molecule has 1 aliphatic rings. The summed E-state index contributed by atoms with van der Waals surface area (Å²) in [6, 6.07) is 14.5. The van der Waals surface area contributed by atoms with Gasteiger partial charge in [0.2, 0.25) is 0 Å². The third-order valence-corrected chi connectivity index (χ3v) is 4.75. The first-order chi connectivity index (χ1) is 15.0. The molecule has 2 aromatic rings. The van der Waals surface area contributed by atoms with Gasteiger partial charge in [0.25, 0.3) is 5.91 Å². The van der Waals surface area contributed by atoms with Crippen molar-refractivity contribution in [3.8, 4) is 6.07 Å². The summed E-state index contributed by atoms with van der Waals surface area (Å²) < 4.78 is 18.3. The molecule has 0 aliphatic carbocycles. The van der Waals surface area contributed by atoms with Crippen LogP contribution >= 0.6 is 0 Å². The van der Waals surface area contributed by atoms with Crippen molar-refractivity contribution in [1.82, 2.24) is 21.5 Å². The number of benzene rings is 2. The Morgan fingerprint density at radius 1 is 1.26 bits per heavy atom. The average Bonchev–Trinajstić information content (AvgIpc) is 3.22. The number of ether oxygens (including phenoxy) is 1. The van der Waals surface area contributed by atoms with Crippen LogP contribution in [0.3, 0.4) is 0 Å². The van der Waals surface area contributed by atoms with Crippen molar-refractivity contribution in [3.63, 3.8) is 0 Å². The smallest absolute Gasteiger partial charge is 0.257 e. The molecular weight excluding hydrogens is 399 g/mol. The normalized spacial score (nSPS) is 19.5. The standard InChI is InChI=1S/C22H25FN6O2/c1-14(13-31-2)25-22(27-21(30)17-5-3-15(12-24)4-6-17)26-20-11-19(28-29-20)16-7-9-18(23)10-8-16/h3-10,14,19-20,28-29H,11,13H2,1-2H3,(H2,25,26,27,30)/t14-,19?,20?/m0/s1. The number of halogens is 1. The number of nitrogens with one attached hydrogen (secondary N) is 4. The minimum absolute atomic E-state index is 0.0405. The minimum Gasteiger partial charge on any atom is -0.383 e. The Balaban J connectivity index is 1.71. The van der Waals surface area contributed by atoms with Crippen LogP contribution < -0.4 is 21.5 Å². The van der Waals surface area contributed by atoms with Crippen molar-refractivity contribution in [2.75, 3.05) is 13.7 Å². The Morgan fingerprint density at radius 2 is 1.97 bits per heavy atom. The summed E-state index contributed by atoms with van der Waals surface area (Å²) in [5.41, 5.74) is 8.07. The number of hydrazine groups is 1. The minimum atomic E-state index is -0.346. The topological polar surface area (TPSA) is 111 Å². The van der Waals surface area contributed by atoms with Gasteiger partial charge in [-0.1, -0.05) is 12.1 Å².